The van der Waals surface area contributed by atoms with Gasteiger partial charge in [0.2, 0.25) is 0 Å². The van der Waals surface area contributed by atoms with Crippen LogP contribution in [0.1, 0.15) is 12.8 Å². The SMILES string of the molecule is C[Si](C)=[Zr+2].[C-]1=CC=CC1.[C-]1=CC=CC1.[Cl-].[Cl-]. The summed E-state index contributed by atoms with van der Waals surface area (Å²) >= 11 is 1.74. The van der Waals surface area contributed by atoms with E-state index < -0.39 is 0 Å². The molecule has 0 spiro atoms. The summed E-state index contributed by atoms with van der Waals surface area (Å²) in [5.41, 5.74) is 0.210. The van der Waals surface area contributed by atoms with Crippen LogP contribution in [0.25, 0.3) is 0 Å². The number of rotatable bonds is 0. The van der Waals surface area contributed by atoms with E-state index in [2.05, 4.69) is 37.4 Å². The van der Waals surface area contributed by atoms with E-state index in [0.717, 1.165) is 12.8 Å². The van der Waals surface area contributed by atoms with Crippen LogP contribution in [-0.4, -0.2) is 5.43 Å². The summed E-state index contributed by atoms with van der Waals surface area (Å²) in [6.07, 6.45) is 20.0. The van der Waals surface area contributed by atoms with Crippen molar-refractivity contribution < 1.29 is 48.1 Å². The molecule has 0 atom stereocenters. The zero-order valence-corrected chi connectivity index (χ0v) is 14.6. The van der Waals surface area contributed by atoms with Crippen LogP contribution in [-0.2, 0) is 23.3 Å². The molecular formula is C12H16Cl2SiZr-2. The molecule has 2 aliphatic carbocycles. The summed E-state index contributed by atoms with van der Waals surface area (Å²) in [6, 6.07) is 0. The predicted molar refractivity (Wildman–Crippen MR) is 60.6 cm³/mol. The van der Waals surface area contributed by atoms with E-state index in [1.54, 1.807) is 23.3 Å². The van der Waals surface area contributed by atoms with E-state index >= 15 is 0 Å². The van der Waals surface area contributed by atoms with Gasteiger partial charge in [-0.2, -0.15) is 12.2 Å². The van der Waals surface area contributed by atoms with Crippen molar-refractivity contribution >= 4 is 5.43 Å². The molecule has 0 amide bonds. The van der Waals surface area contributed by atoms with Crippen LogP contribution in [0.5, 0.6) is 0 Å². The van der Waals surface area contributed by atoms with Gasteiger partial charge in [0, 0.05) is 0 Å². The van der Waals surface area contributed by atoms with Gasteiger partial charge in [-0.1, -0.05) is 0 Å². The predicted octanol–water partition coefficient (Wildman–Crippen LogP) is -2.60. The van der Waals surface area contributed by atoms with Crippen molar-refractivity contribution in [2.24, 2.45) is 0 Å². The van der Waals surface area contributed by atoms with Crippen molar-refractivity contribution in [1.82, 2.24) is 0 Å². The largest absolute Gasteiger partial charge is 1.00 e. The van der Waals surface area contributed by atoms with Crippen molar-refractivity contribution in [2.75, 3.05) is 0 Å². The Morgan fingerprint density at radius 1 is 0.938 bits per heavy atom. The monoisotopic (exact) mass is 348 g/mol. The molecule has 2 rings (SSSR count). The van der Waals surface area contributed by atoms with Gasteiger partial charge in [-0.05, 0) is 0 Å². The molecule has 0 aliphatic heterocycles. The number of hydrogen-bond acceptors (Lipinski definition) is 0. The molecule has 2 aliphatic rings. The van der Waals surface area contributed by atoms with Gasteiger partial charge in [-0.25, -0.2) is 24.3 Å². The first kappa shape index (κ1) is 21.9. The van der Waals surface area contributed by atoms with Crippen LogP contribution in [0.2, 0.25) is 13.1 Å². The molecule has 0 aromatic carbocycles. The van der Waals surface area contributed by atoms with E-state index in [9.17, 15) is 0 Å². The van der Waals surface area contributed by atoms with Crippen LogP contribution in [0.15, 0.2) is 36.5 Å². The Hall–Kier alpha value is 0.640. The maximum absolute atomic E-state index is 2.99. The Morgan fingerprint density at radius 3 is 1.31 bits per heavy atom. The second-order valence-corrected chi connectivity index (χ2v) is 12.4. The molecule has 0 saturated heterocycles. The van der Waals surface area contributed by atoms with Gasteiger partial charge in [0.25, 0.3) is 0 Å². The summed E-state index contributed by atoms with van der Waals surface area (Å²) in [7, 11) is 0. The van der Waals surface area contributed by atoms with Gasteiger partial charge in [0.1, 0.15) is 0 Å². The third-order valence-corrected chi connectivity index (χ3v) is 1.17. The molecule has 0 N–H and O–H groups in total. The van der Waals surface area contributed by atoms with Crippen LogP contribution in [0.4, 0.5) is 0 Å². The van der Waals surface area contributed by atoms with Crippen LogP contribution >= 0.6 is 0 Å². The Balaban J connectivity index is -0.000000151. The van der Waals surface area contributed by atoms with Gasteiger partial charge in [-0.15, -0.1) is 12.8 Å². The fourth-order valence-corrected chi connectivity index (χ4v) is 0.680. The van der Waals surface area contributed by atoms with Gasteiger partial charge >= 0.3 is 41.9 Å². The first-order valence-corrected chi connectivity index (χ1v) is 10.9. The molecular weight excluding hydrogens is 334 g/mol. The number of halogens is 2. The Kier molecular flexibility index (Phi) is 24.6. The van der Waals surface area contributed by atoms with Crippen molar-refractivity contribution in [2.45, 2.75) is 25.9 Å². The molecule has 0 heterocycles. The maximum Gasteiger partial charge on any atom is -0.109 e. The van der Waals surface area contributed by atoms with Gasteiger partial charge in [0.15, 0.2) is 0 Å². The number of allylic oxidation sites excluding steroid dienone is 8. The minimum atomic E-state index is 0. The third kappa shape index (κ3) is 24.1. The molecule has 0 saturated carbocycles. The molecule has 0 radical (unpaired) electrons. The average molecular weight is 350 g/mol. The van der Waals surface area contributed by atoms with E-state index in [-0.39, 0.29) is 30.2 Å². The molecule has 0 unspecified atom stereocenters. The van der Waals surface area contributed by atoms with E-state index in [1.165, 1.54) is 0 Å². The van der Waals surface area contributed by atoms with E-state index in [1.807, 2.05) is 24.3 Å². The standard InChI is InChI=1S/2C5H5.C2H6Si.2ClH.Zr/c2*1-2-4-5-3-1;1-3-2;;;/h2*1-3H,4H2;1-2H3;2*1H;/q2*-1;;;;+2/p-2. The second kappa shape index (κ2) is 18.0. The fraction of sp³-hybridized carbons (Fsp3) is 0.333. The first-order valence-electron chi connectivity index (χ1n) is 4.68. The van der Waals surface area contributed by atoms with Gasteiger partial charge in [0.05, 0.1) is 0 Å². The quantitative estimate of drug-likeness (QED) is 0.332. The summed E-state index contributed by atoms with van der Waals surface area (Å²) in [5.74, 6) is 0. The number of hydrogen-bond donors (Lipinski definition) is 0. The molecule has 0 fully saturated rings. The second-order valence-electron chi connectivity index (χ2n) is 3.01. The zero-order chi connectivity index (χ0) is 10.6. The molecule has 0 aromatic rings. The summed E-state index contributed by atoms with van der Waals surface area (Å²) in [5, 5.41) is 0. The summed E-state index contributed by atoms with van der Waals surface area (Å²) < 4.78 is 0. The van der Waals surface area contributed by atoms with Crippen molar-refractivity contribution in [1.29, 1.82) is 0 Å². The molecule has 0 aromatic heterocycles. The molecule has 0 bridgehead atoms. The Bertz CT molecular complexity index is 222. The Morgan fingerprint density at radius 2 is 1.25 bits per heavy atom. The smallest absolute Gasteiger partial charge is 0.109 e. The molecule has 4 heteroatoms. The summed E-state index contributed by atoms with van der Waals surface area (Å²) in [6.45, 7) is 4.62. The summed E-state index contributed by atoms with van der Waals surface area (Å²) in [4.78, 5) is 0. The van der Waals surface area contributed by atoms with Gasteiger partial charge < -0.3 is 24.8 Å². The molecule has 0 nitrogen and oxygen atoms in total. The Labute approximate surface area is 127 Å². The van der Waals surface area contributed by atoms with E-state index in [0.29, 0.717) is 0 Å². The minimum absolute atomic E-state index is 0. The molecule has 16 heavy (non-hydrogen) atoms. The average Bonchev–Trinajstić information content (AvgIpc) is 2.83. The van der Waals surface area contributed by atoms with Crippen molar-refractivity contribution in [3.63, 3.8) is 0 Å². The van der Waals surface area contributed by atoms with Crippen molar-refractivity contribution in [3.05, 3.63) is 48.6 Å². The van der Waals surface area contributed by atoms with Crippen molar-refractivity contribution in [3.8, 4) is 0 Å². The minimum Gasteiger partial charge on any atom is -1.00 e. The maximum atomic E-state index is 2.99. The van der Waals surface area contributed by atoms with Crippen LogP contribution < -0.4 is 24.8 Å². The zero-order valence-electron chi connectivity index (χ0n) is 9.63. The topological polar surface area (TPSA) is 0 Å². The third-order valence-electron chi connectivity index (χ3n) is 1.17. The van der Waals surface area contributed by atoms with Gasteiger partial charge in [-0.3, -0.25) is 12.2 Å². The fourth-order valence-electron chi connectivity index (χ4n) is 0.680. The van der Waals surface area contributed by atoms with Crippen LogP contribution in [0, 0.1) is 12.2 Å². The van der Waals surface area contributed by atoms with Crippen LogP contribution in [0.3, 0.4) is 0 Å². The molecule has 88 valence electrons. The normalized spacial score (nSPS) is 12.8. The first-order chi connectivity index (χ1) is 6.73. The van der Waals surface area contributed by atoms with E-state index in [4.69, 9.17) is 0 Å².